The number of phenolic OH excluding ortho intramolecular Hbond substituents is 1. The second kappa shape index (κ2) is 7.48. The van der Waals surface area contributed by atoms with Crippen molar-refractivity contribution < 1.29 is 14.6 Å². The topological polar surface area (TPSA) is 41.9 Å². The van der Waals surface area contributed by atoms with Gasteiger partial charge < -0.3 is 14.6 Å². The predicted molar refractivity (Wildman–Crippen MR) is 128 cm³/mol. The number of aryl methyl sites for hydroxylation is 1. The minimum absolute atomic E-state index is 0.107. The lowest BCUT2D eigenvalue weighted by atomic mass is 9.49. The molecule has 1 saturated heterocycles. The fourth-order valence-electron chi connectivity index (χ4n) is 7.91. The van der Waals surface area contributed by atoms with Crippen molar-refractivity contribution >= 4 is 0 Å². The summed E-state index contributed by atoms with van der Waals surface area (Å²) in [5.41, 5.74) is 3.77. The Morgan fingerprint density at radius 3 is 2.79 bits per heavy atom. The normalized spacial score (nSPS) is 34.1. The third-order valence-electron chi connectivity index (χ3n) is 9.44. The molecule has 2 aliphatic heterocycles. The first-order valence-electron chi connectivity index (χ1n) is 13.2. The van der Waals surface area contributed by atoms with E-state index in [2.05, 4.69) is 41.3 Å². The Morgan fingerprint density at radius 1 is 1.06 bits per heavy atom. The molecular weight excluding hydrogens is 410 g/mol. The molecule has 2 saturated carbocycles. The molecule has 1 spiro atoms. The van der Waals surface area contributed by atoms with E-state index in [1.54, 1.807) is 0 Å². The first-order valence-corrected chi connectivity index (χ1v) is 13.2. The average molecular weight is 446 g/mol. The molecule has 0 radical (unpaired) electrons. The highest BCUT2D eigenvalue weighted by atomic mass is 16.5. The highest BCUT2D eigenvalue weighted by Crippen LogP contribution is 2.66. The Hall–Kier alpha value is -2.04. The Bertz CT molecular complexity index is 1050. The van der Waals surface area contributed by atoms with Gasteiger partial charge in [-0.1, -0.05) is 36.4 Å². The van der Waals surface area contributed by atoms with Crippen molar-refractivity contribution in [2.24, 2.45) is 5.92 Å². The van der Waals surface area contributed by atoms with E-state index < -0.39 is 0 Å². The van der Waals surface area contributed by atoms with Crippen molar-refractivity contribution in [2.75, 3.05) is 19.7 Å². The molecule has 2 heterocycles. The molecule has 4 heteroatoms. The van der Waals surface area contributed by atoms with Gasteiger partial charge in [0.15, 0.2) is 11.5 Å². The van der Waals surface area contributed by atoms with Gasteiger partial charge in [0.2, 0.25) is 0 Å². The zero-order chi connectivity index (χ0) is 22.0. The number of hydrogen-bond acceptors (Lipinski definition) is 4. The summed E-state index contributed by atoms with van der Waals surface area (Å²) in [6.07, 6.45) is 10.4. The molecule has 4 atom stereocenters. The summed E-state index contributed by atoms with van der Waals surface area (Å²) >= 11 is 0. The van der Waals surface area contributed by atoms with Crippen molar-refractivity contribution in [3.63, 3.8) is 0 Å². The lowest BCUT2D eigenvalue weighted by molar-refractivity contribution is -0.216. The molecule has 1 unspecified atom stereocenters. The molecule has 7 rings (SSSR count). The fraction of sp³-hybridized carbons (Fsp3) is 0.586. The number of nitrogens with zero attached hydrogens (tertiary/aromatic N) is 1. The number of ether oxygens (including phenoxy) is 2. The van der Waals surface area contributed by atoms with Crippen LogP contribution in [0.15, 0.2) is 42.5 Å². The van der Waals surface area contributed by atoms with Crippen LogP contribution in [0.2, 0.25) is 0 Å². The second-order valence-electron chi connectivity index (χ2n) is 11.2. The summed E-state index contributed by atoms with van der Waals surface area (Å²) in [5.74, 6) is 1.96. The van der Waals surface area contributed by atoms with E-state index in [0.717, 1.165) is 69.8 Å². The fourth-order valence-corrected chi connectivity index (χ4v) is 7.91. The average Bonchev–Trinajstić information content (AvgIpc) is 3.58. The Balaban J connectivity index is 1.26. The molecule has 2 aromatic carbocycles. The second-order valence-corrected chi connectivity index (χ2v) is 11.2. The van der Waals surface area contributed by atoms with Crippen LogP contribution in [0, 0.1) is 5.92 Å². The maximum absolute atomic E-state index is 10.7. The van der Waals surface area contributed by atoms with Gasteiger partial charge in [-0.15, -0.1) is 0 Å². The van der Waals surface area contributed by atoms with Gasteiger partial charge >= 0.3 is 0 Å². The van der Waals surface area contributed by atoms with Crippen molar-refractivity contribution in [2.45, 2.75) is 80.9 Å². The molecule has 0 amide bonds. The molecule has 0 aromatic heterocycles. The molecule has 2 bridgehead atoms. The van der Waals surface area contributed by atoms with E-state index in [4.69, 9.17) is 9.47 Å². The van der Waals surface area contributed by atoms with Crippen molar-refractivity contribution in [3.05, 3.63) is 59.2 Å². The molecule has 3 aliphatic carbocycles. The number of phenols is 1. The van der Waals surface area contributed by atoms with Crippen molar-refractivity contribution in [1.29, 1.82) is 0 Å². The standard InChI is InChI=1S/C29H35NO3/c31-23-13-12-22-18-24-29(32-17-5-8-20-6-2-1-3-7-20)14-4-9-25-28(29,26(22)27(23)33-25)15-16-30(24)19-21-10-11-21/h1-3,6-7,12-13,21,24-25,31H,4-5,8-11,14-19H2/t24-,25+,28-,29?/m1/s1. The molecule has 174 valence electrons. The van der Waals surface area contributed by atoms with Gasteiger partial charge in [0.25, 0.3) is 0 Å². The van der Waals surface area contributed by atoms with E-state index >= 15 is 0 Å². The van der Waals surface area contributed by atoms with Crippen LogP contribution >= 0.6 is 0 Å². The zero-order valence-corrected chi connectivity index (χ0v) is 19.5. The van der Waals surface area contributed by atoms with E-state index in [9.17, 15) is 5.11 Å². The highest BCUT2D eigenvalue weighted by molar-refractivity contribution is 5.62. The zero-order valence-electron chi connectivity index (χ0n) is 19.5. The van der Waals surface area contributed by atoms with Crippen molar-refractivity contribution in [3.8, 4) is 11.5 Å². The first-order chi connectivity index (χ1) is 16.2. The van der Waals surface area contributed by atoms with Gasteiger partial charge in [0.1, 0.15) is 6.10 Å². The smallest absolute Gasteiger partial charge is 0.165 e. The largest absolute Gasteiger partial charge is 0.504 e. The van der Waals surface area contributed by atoms with Crippen LogP contribution < -0.4 is 4.74 Å². The predicted octanol–water partition coefficient (Wildman–Crippen LogP) is 5.00. The number of piperidine rings is 1. The van der Waals surface area contributed by atoms with Crippen molar-refractivity contribution in [1.82, 2.24) is 4.90 Å². The van der Waals surface area contributed by atoms with E-state index in [-0.39, 0.29) is 17.1 Å². The number of benzene rings is 2. The molecule has 33 heavy (non-hydrogen) atoms. The van der Waals surface area contributed by atoms with Crippen LogP contribution in [0.1, 0.15) is 61.6 Å². The van der Waals surface area contributed by atoms with Gasteiger partial charge in [-0.05, 0) is 87.4 Å². The van der Waals surface area contributed by atoms with E-state index in [1.165, 1.54) is 36.1 Å². The summed E-state index contributed by atoms with van der Waals surface area (Å²) in [5, 5.41) is 10.7. The van der Waals surface area contributed by atoms with Crippen LogP contribution in [0.5, 0.6) is 11.5 Å². The minimum Gasteiger partial charge on any atom is -0.504 e. The SMILES string of the molecule is Oc1ccc2c3c1O[C@H]1CCCC4(OCCCc5ccccc5)[C@@H](C2)N(CC2CC2)CC[C@]314. The summed E-state index contributed by atoms with van der Waals surface area (Å²) in [6.45, 7) is 3.15. The van der Waals surface area contributed by atoms with Crippen LogP contribution in [-0.2, 0) is 23.0 Å². The van der Waals surface area contributed by atoms with E-state index in [1.807, 2.05) is 6.07 Å². The van der Waals surface area contributed by atoms with Crippen LogP contribution in [0.3, 0.4) is 0 Å². The summed E-state index contributed by atoms with van der Waals surface area (Å²) in [6, 6.07) is 15.2. The number of likely N-dealkylation sites (tertiary alicyclic amines) is 1. The first kappa shape index (κ1) is 20.3. The Morgan fingerprint density at radius 2 is 1.94 bits per heavy atom. The van der Waals surface area contributed by atoms with Gasteiger partial charge in [-0.2, -0.15) is 0 Å². The third kappa shape index (κ3) is 2.89. The lowest BCUT2D eigenvalue weighted by Crippen LogP contribution is -2.76. The van der Waals surface area contributed by atoms with Crippen LogP contribution in [-0.4, -0.2) is 47.4 Å². The molecule has 5 aliphatic rings. The Kier molecular flexibility index (Phi) is 4.61. The highest BCUT2D eigenvalue weighted by Gasteiger charge is 2.72. The lowest BCUT2D eigenvalue weighted by Gasteiger charge is -2.65. The van der Waals surface area contributed by atoms with Gasteiger partial charge in [0.05, 0.1) is 11.0 Å². The van der Waals surface area contributed by atoms with Gasteiger partial charge in [-0.25, -0.2) is 0 Å². The maximum Gasteiger partial charge on any atom is 0.165 e. The summed E-state index contributed by atoms with van der Waals surface area (Å²) in [7, 11) is 0. The van der Waals surface area contributed by atoms with Gasteiger partial charge in [-0.3, -0.25) is 4.90 Å². The van der Waals surface area contributed by atoms with E-state index in [0.29, 0.717) is 11.8 Å². The monoisotopic (exact) mass is 445 g/mol. The Labute approximate surface area is 196 Å². The number of rotatable bonds is 7. The molecule has 3 fully saturated rings. The van der Waals surface area contributed by atoms with Gasteiger partial charge in [0, 0.05) is 24.8 Å². The maximum atomic E-state index is 10.7. The number of aromatic hydroxyl groups is 1. The minimum atomic E-state index is -0.203. The molecule has 4 nitrogen and oxygen atoms in total. The quantitative estimate of drug-likeness (QED) is 0.609. The number of hydrogen-bond donors (Lipinski definition) is 1. The van der Waals surface area contributed by atoms with Crippen LogP contribution in [0.25, 0.3) is 0 Å². The van der Waals surface area contributed by atoms with Crippen LogP contribution in [0.4, 0.5) is 0 Å². The molecular formula is C29H35NO3. The summed E-state index contributed by atoms with van der Waals surface area (Å²) < 4.78 is 13.8. The third-order valence-corrected chi connectivity index (χ3v) is 9.44. The molecule has 1 N–H and O–H groups in total. The summed E-state index contributed by atoms with van der Waals surface area (Å²) in [4.78, 5) is 2.79. The molecule has 2 aromatic rings.